The highest BCUT2D eigenvalue weighted by molar-refractivity contribution is 7.15. The Morgan fingerprint density at radius 3 is 2.94 bits per heavy atom. The van der Waals surface area contributed by atoms with Gasteiger partial charge in [0, 0.05) is 23.2 Å². The molecule has 3 rings (SSSR count). The van der Waals surface area contributed by atoms with Crippen molar-refractivity contribution >= 4 is 16.3 Å². The number of nitrogens with zero attached hydrogens (tertiary/aromatic N) is 2. The first-order valence-corrected chi connectivity index (χ1v) is 6.64. The molecule has 1 saturated carbocycles. The van der Waals surface area contributed by atoms with Crippen LogP contribution >= 0.6 is 11.3 Å². The van der Waals surface area contributed by atoms with E-state index in [0.717, 1.165) is 17.2 Å². The smallest absolute Gasteiger partial charge is 0.194 e. The second kappa shape index (κ2) is 3.31. The number of thiazole rings is 1. The molecule has 1 fully saturated rings. The maximum Gasteiger partial charge on any atom is 0.194 e. The molecule has 3 nitrogen and oxygen atoms in total. The Balaban J connectivity index is 1.94. The molecule has 2 heterocycles. The van der Waals surface area contributed by atoms with E-state index in [1.165, 1.54) is 24.2 Å². The summed E-state index contributed by atoms with van der Waals surface area (Å²) in [5.41, 5.74) is 4.16. The van der Waals surface area contributed by atoms with Gasteiger partial charge in [0.1, 0.15) is 0 Å². The molecule has 1 aliphatic rings. The van der Waals surface area contributed by atoms with Gasteiger partial charge in [-0.3, -0.25) is 4.40 Å². The fourth-order valence-electron chi connectivity index (χ4n) is 2.04. The summed E-state index contributed by atoms with van der Waals surface area (Å²) in [4.78, 5) is 5.71. The van der Waals surface area contributed by atoms with Crippen molar-refractivity contribution in [2.45, 2.75) is 45.7 Å². The molecule has 0 bridgehead atoms. The fourth-order valence-corrected chi connectivity index (χ4v) is 2.97. The lowest BCUT2D eigenvalue weighted by Crippen LogP contribution is -2.27. The molecule has 4 heteroatoms. The van der Waals surface area contributed by atoms with Gasteiger partial charge in [-0.1, -0.05) is 0 Å². The van der Waals surface area contributed by atoms with Gasteiger partial charge in [-0.2, -0.15) is 0 Å². The number of rotatable bonds is 3. The zero-order valence-electron chi connectivity index (χ0n) is 10.0. The van der Waals surface area contributed by atoms with Gasteiger partial charge in [-0.15, -0.1) is 11.3 Å². The highest BCUT2D eigenvalue weighted by Gasteiger charge is 2.36. The molecule has 1 aliphatic carbocycles. The maximum atomic E-state index is 4.60. The van der Waals surface area contributed by atoms with Crippen molar-refractivity contribution in [3.05, 3.63) is 22.5 Å². The van der Waals surface area contributed by atoms with Crippen molar-refractivity contribution in [3.63, 3.8) is 0 Å². The first kappa shape index (κ1) is 10.3. The largest absolute Gasteiger partial charge is 0.306 e. The standard InChI is InChI=1S/C12H17N3S/c1-8-7-16-11-14-9(2)10(15(8)11)6-13-12(3)4-5-12/h7,13H,4-6H2,1-3H3. The van der Waals surface area contributed by atoms with Crippen LogP contribution in [0, 0.1) is 13.8 Å². The summed E-state index contributed by atoms with van der Waals surface area (Å²) in [7, 11) is 0. The molecule has 0 unspecified atom stereocenters. The quantitative estimate of drug-likeness (QED) is 0.886. The summed E-state index contributed by atoms with van der Waals surface area (Å²) in [6.45, 7) is 7.47. The van der Waals surface area contributed by atoms with Crippen molar-refractivity contribution in [1.29, 1.82) is 0 Å². The Morgan fingerprint density at radius 1 is 1.50 bits per heavy atom. The topological polar surface area (TPSA) is 29.3 Å². The van der Waals surface area contributed by atoms with Gasteiger partial charge in [0.15, 0.2) is 4.96 Å². The molecule has 0 radical (unpaired) electrons. The van der Waals surface area contributed by atoms with Crippen LogP contribution in [-0.4, -0.2) is 14.9 Å². The Labute approximate surface area is 99.5 Å². The summed E-state index contributed by atoms with van der Waals surface area (Å²) in [5, 5.41) is 5.80. The van der Waals surface area contributed by atoms with Gasteiger partial charge >= 0.3 is 0 Å². The molecule has 0 amide bonds. The lowest BCUT2D eigenvalue weighted by Gasteiger charge is -2.11. The van der Waals surface area contributed by atoms with Crippen molar-refractivity contribution in [2.75, 3.05) is 0 Å². The summed E-state index contributed by atoms with van der Waals surface area (Å²) < 4.78 is 2.28. The molecule has 0 saturated heterocycles. The minimum atomic E-state index is 0.389. The highest BCUT2D eigenvalue weighted by atomic mass is 32.1. The third-order valence-electron chi connectivity index (χ3n) is 3.51. The van der Waals surface area contributed by atoms with Crippen LogP contribution in [0.4, 0.5) is 0 Å². The predicted molar refractivity (Wildman–Crippen MR) is 67.0 cm³/mol. The van der Waals surface area contributed by atoms with Gasteiger partial charge in [-0.25, -0.2) is 4.98 Å². The predicted octanol–water partition coefficient (Wildman–Crippen LogP) is 2.65. The van der Waals surface area contributed by atoms with Crippen LogP contribution in [0.2, 0.25) is 0 Å². The number of aromatic nitrogens is 2. The Bertz CT molecular complexity index is 534. The summed E-state index contributed by atoms with van der Waals surface area (Å²) in [6.07, 6.45) is 2.60. The monoisotopic (exact) mass is 235 g/mol. The molecular weight excluding hydrogens is 218 g/mol. The average molecular weight is 235 g/mol. The lowest BCUT2D eigenvalue weighted by atomic mass is 10.3. The van der Waals surface area contributed by atoms with Gasteiger partial charge in [0.25, 0.3) is 0 Å². The molecule has 0 spiro atoms. The van der Waals surface area contributed by atoms with Crippen LogP contribution in [0.5, 0.6) is 0 Å². The van der Waals surface area contributed by atoms with Crippen LogP contribution in [0.1, 0.15) is 36.8 Å². The summed E-state index contributed by atoms with van der Waals surface area (Å²) >= 11 is 1.72. The van der Waals surface area contributed by atoms with Crippen LogP contribution in [0.25, 0.3) is 4.96 Å². The second-order valence-corrected chi connectivity index (χ2v) is 5.89. The number of hydrogen-bond acceptors (Lipinski definition) is 3. The third-order valence-corrected chi connectivity index (χ3v) is 4.46. The summed E-state index contributed by atoms with van der Waals surface area (Å²) in [6, 6.07) is 0. The average Bonchev–Trinajstić information content (AvgIpc) is 2.73. The number of nitrogens with one attached hydrogen (secondary N) is 1. The molecular formula is C12H17N3S. The highest BCUT2D eigenvalue weighted by Crippen LogP contribution is 2.34. The van der Waals surface area contributed by atoms with Crippen molar-refractivity contribution < 1.29 is 0 Å². The molecule has 2 aromatic rings. The lowest BCUT2D eigenvalue weighted by molar-refractivity contribution is 0.529. The van der Waals surface area contributed by atoms with E-state index in [9.17, 15) is 0 Å². The number of imidazole rings is 1. The van der Waals surface area contributed by atoms with Gasteiger partial charge in [0.05, 0.1) is 11.4 Å². The van der Waals surface area contributed by atoms with Gasteiger partial charge in [-0.05, 0) is 33.6 Å². The summed E-state index contributed by atoms with van der Waals surface area (Å²) in [5.74, 6) is 0. The Kier molecular flexibility index (Phi) is 2.13. The molecule has 86 valence electrons. The first-order valence-electron chi connectivity index (χ1n) is 5.76. The maximum absolute atomic E-state index is 4.60. The van der Waals surface area contributed by atoms with E-state index in [1.807, 2.05) is 0 Å². The van der Waals surface area contributed by atoms with Crippen LogP contribution in [0.15, 0.2) is 5.38 Å². The molecule has 0 aromatic carbocycles. The number of hydrogen-bond donors (Lipinski definition) is 1. The normalized spacial score (nSPS) is 18.2. The van der Waals surface area contributed by atoms with Crippen molar-refractivity contribution in [3.8, 4) is 0 Å². The molecule has 2 aromatic heterocycles. The third kappa shape index (κ3) is 1.57. The SMILES string of the molecule is Cc1nc2scc(C)n2c1CNC1(C)CC1. The minimum absolute atomic E-state index is 0.389. The van der Waals surface area contributed by atoms with Gasteiger partial charge in [0.2, 0.25) is 0 Å². The number of fused-ring (bicyclic) bond motifs is 1. The van der Waals surface area contributed by atoms with E-state index in [4.69, 9.17) is 0 Å². The minimum Gasteiger partial charge on any atom is -0.306 e. The van der Waals surface area contributed by atoms with Gasteiger partial charge < -0.3 is 5.32 Å². The van der Waals surface area contributed by atoms with E-state index in [1.54, 1.807) is 11.3 Å². The fraction of sp³-hybridized carbons (Fsp3) is 0.583. The van der Waals surface area contributed by atoms with Crippen LogP contribution in [0.3, 0.4) is 0 Å². The van der Waals surface area contributed by atoms with E-state index >= 15 is 0 Å². The van der Waals surface area contributed by atoms with E-state index in [2.05, 4.69) is 40.9 Å². The van der Waals surface area contributed by atoms with Crippen molar-refractivity contribution in [2.24, 2.45) is 0 Å². The molecule has 0 aliphatic heterocycles. The molecule has 0 atom stereocenters. The second-order valence-electron chi connectivity index (χ2n) is 5.05. The molecule has 1 N–H and O–H groups in total. The van der Waals surface area contributed by atoms with E-state index < -0.39 is 0 Å². The number of aryl methyl sites for hydroxylation is 2. The zero-order chi connectivity index (χ0) is 11.3. The Morgan fingerprint density at radius 2 is 2.25 bits per heavy atom. The zero-order valence-corrected chi connectivity index (χ0v) is 10.8. The molecule has 16 heavy (non-hydrogen) atoms. The van der Waals surface area contributed by atoms with Crippen LogP contribution < -0.4 is 5.32 Å². The van der Waals surface area contributed by atoms with E-state index in [0.29, 0.717) is 5.54 Å². The van der Waals surface area contributed by atoms with Crippen LogP contribution in [-0.2, 0) is 6.54 Å². The van der Waals surface area contributed by atoms with E-state index in [-0.39, 0.29) is 0 Å². The Hall–Kier alpha value is -0.870. The first-order chi connectivity index (χ1) is 7.59. The van der Waals surface area contributed by atoms with Crippen molar-refractivity contribution in [1.82, 2.24) is 14.7 Å².